The van der Waals surface area contributed by atoms with E-state index in [0.717, 1.165) is 24.9 Å². The van der Waals surface area contributed by atoms with Crippen molar-refractivity contribution in [2.75, 3.05) is 29.9 Å². The molecule has 0 spiro atoms. The highest BCUT2D eigenvalue weighted by atomic mass is 32.2. The summed E-state index contributed by atoms with van der Waals surface area (Å²) >= 11 is 0. The molecule has 0 aromatic heterocycles. The Bertz CT molecular complexity index is 1120. The maximum Gasteiger partial charge on any atom is 0.243 e. The minimum Gasteiger partial charge on any atom is -0.326 e. The first-order valence-electron chi connectivity index (χ1n) is 11.2. The van der Waals surface area contributed by atoms with Gasteiger partial charge in [0.25, 0.3) is 0 Å². The Hall–Kier alpha value is -2.71. The van der Waals surface area contributed by atoms with Gasteiger partial charge in [0.15, 0.2) is 0 Å². The quantitative estimate of drug-likeness (QED) is 0.695. The lowest BCUT2D eigenvalue weighted by molar-refractivity contribution is -0.122. The predicted octanol–water partition coefficient (Wildman–Crippen LogP) is 3.20. The lowest BCUT2D eigenvalue weighted by Crippen LogP contribution is -2.31. The lowest BCUT2D eigenvalue weighted by atomic mass is 10.1. The van der Waals surface area contributed by atoms with Crippen LogP contribution in [0.15, 0.2) is 47.4 Å². The van der Waals surface area contributed by atoms with E-state index in [9.17, 15) is 18.0 Å². The average Bonchev–Trinajstić information content (AvgIpc) is 3.40. The Morgan fingerprint density at radius 2 is 1.75 bits per heavy atom. The number of benzene rings is 2. The zero-order chi connectivity index (χ0) is 22.9. The van der Waals surface area contributed by atoms with Crippen LogP contribution >= 0.6 is 0 Å². The summed E-state index contributed by atoms with van der Waals surface area (Å²) in [5, 5.41) is 2.96. The molecule has 2 amide bonds. The zero-order valence-corrected chi connectivity index (χ0v) is 19.3. The van der Waals surface area contributed by atoms with E-state index in [4.69, 9.17) is 0 Å². The summed E-state index contributed by atoms with van der Waals surface area (Å²) in [7, 11) is -3.55. The first-order valence-corrected chi connectivity index (χ1v) is 12.6. The molecule has 1 aliphatic carbocycles. The zero-order valence-electron chi connectivity index (χ0n) is 18.5. The molecule has 8 heteroatoms. The number of aryl methyl sites for hydroxylation is 2. The number of anilines is 2. The third kappa shape index (κ3) is 4.29. The average molecular weight is 456 g/mol. The van der Waals surface area contributed by atoms with Crippen LogP contribution in [0.3, 0.4) is 0 Å². The standard InChI is InChI=1S/C24H29N3O4S/c1-3-26(4-2)32(30,31)22-12-10-21(11-13-22)27-16-19(15-23(27)28)24(29)25-20-9-8-17-6-5-7-18(17)14-20/h8-14,19H,3-7,15-16H2,1-2H3,(H,25,29). The number of rotatable bonds is 7. The molecule has 7 nitrogen and oxygen atoms in total. The molecule has 1 fully saturated rings. The van der Waals surface area contributed by atoms with Crippen molar-refractivity contribution in [2.24, 2.45) is 5.92 Å². The van der Waals surface area contributed by atoms with Gasteiger partial charge < -0.3 is 10.2 Å². The van der Waals surface area contributed by atoms with Crippen LogP contribution in [0.25, 0.3) is 0 Å². The number of sulfonamides is 1. The summed E-state index contributed by atoms with van der Waals surface area (Å²) < 4.78 is 26.7. The highest BCUT2D eigenvalue weighted by Crippen LogP contribution is 2.29. The summed E-state index contributed by atoms with van der Waals surface area (Å²) in [6.07, 6.45) is 3.41. The maximum atomic E-state index is 12.8. The highest BCUT2D eigenvalue weighted by molar-refractivity contribution is 7.89. The van der Waals surface area contributed by atoms with E-state index in [2.05, 4.69) is 11.4 Å². The van der Waals surface area contributed by atoms with Crippen molar-refractivity contribution >= 4 is 33.2 Å². The number of nitrogens with zero attached hydrogens (tertiary/aromatic N) is 2. The van der Waals surface area contributed by atoms with Gasteiger partial charge in [-0.1, -0.05) is 19.9 Å². The van der Waals surface area contributed by atoms with Crippen LogP contribution in [0.2, 0.25) is 0 Å². The molecule has 2 aromatic rings. The minimum atomic E-state index is -3.55. The van der Waals surface area contributed by atoms with Gasteiger partial charge in [0, 0.05) is 37.4 Å². The van der Waals surface area contributed by atoms with E-state index in [1.807, 2.05) is 12.1 Å². The molecule has 0 saturated carbocycles. The Kier molecular flexibility index (Phi) is 6.35. The summed E-state index contributed by atoms with van der Waals surface area (Å²) in [5.74, 6) is -0.757. The van der Waals surface area contributed by atoms with Gasteiger partial charge in [-0.3, -0.25) is 9.59 Å². The van der Waals surface area contributed by atoms with Gasteiger partial charge in [0.1, 0.15) is 0 Å². The largest absolute Gasteiger partial charge is 0.326 e. The molecule has 1 heterocycles. The first-order chi connectivity index (χ1) is 15.3. The summed E-state index contributed by atoms with van der Waals surface area (Å²) in [4.78, 5) is 27.1. The fourth-order valence-corrected chi connectivity index (χ4v) is 6.00. The van der Waals surface area contributed by atoms with Crippen molar-refractivity contribution in [3.63, 3.8) is 0 Å². The molecule has 4 rings (SSSR count). The lowest BCUT2D eigenvalue weighted by Gasteiger charge is -2.20. The first kappa shape index (κ1) is 22.5. The molecule has 1 N–H and O–H groups in total. The van der Waals surface area contributed by atoms with Crippen molar-refractivity contribution < 1.29 is 18.0 Å². The maximum absolute atomic E-state index is 12.8. The second-order valence-electron chi connectivity index (χ2n) is 8.31. The van der Waals surface area contributed by atoms with Crippen LogP contribution in [-0.4, -0.2) is 44.2 Å². The molecule has 1 atom stereocenters. The number of nitrogens with one attached hydrogen (secondary N) is 1. The Labute approximate surface area is 189 Å². The molecule has 1 saturated heterocycles. The van der Waals surface area contributed by atoms with E-state index in [1.54, 1.807) is 30.9 Å². The Balaban J connectivity index is 1.44. The van der Waals surface area contributed by atoms with Crippen LogP contribution in [0.4, 0.5) is 11.4 Å². The van der Waals surface area contributed by atoms with E-state index in [0.29, 0.717) is 18.8 Å². The van der Waals surface area contributed by atoms with Gasteiger partial charge in [-0.05, 0) is 66.8 Å². The number of amides is 2. The second kappa shape index (κ2) is 9.03. The number of hydrogen-bond acceptors (Lipinski definition) is 4. The molecule has 2 aromatic carbocycles. The second-order valence-corrected chi connectivity index (χ2v) is 10.3. The predicted molar refractivity (Wildman–Crippen MR) is 124 cm³/mol. The highest BCUT2D eigenvalue weighted by Gasteiger charge is 2.35. The molecule has 0 radical (unpaired) electrons. The van der Waals surface area contributed by atoms with Gasteiger partial charge in [0.05, 0.1) is 10.8 Å². The Morgan fingerprint density at radius 3 is 2.44 bits per heavy atom. The van der Waals surface area contributed by atoms with Crippen molar-refractivity contribution in [1.82, 2.24) is 4.31 Å². The van der Waals surface area contributed by atoms with Gasteiger partial charge in [-0.2, -0.15) is 4.31 Å². The van der Waals surface area contributed by atoms with Gasteiger partial charge in [0.2, 0.25) is 21.8 Å². The molecular weight excluding hydrogens is 426 g/mol. The third-order valence-corrected chi connectivity index (χ3v) is 8.42. The molecule has 170 valence electrons. The van der Waals surface area contributed by atoms with Crippen LogP contribution in [-0.2, 0) is 32.5 Å². The topological polar surface area (TPSA) is 86.8 Å². The molecule has 2 aliphatic rings. The van der Waals surface area contributed by atoms with Gasteiger partial charge in [-0.25, -0.2) is 8.42 Å². The SMILES string of the molecule is CCN(CC)S(=O)(=O)c1ccc(N2CC(C(=O)Nc3ccc4c(c3)CCC4)CC2=O)cc1. The van der Waals surface area contributed by atoms with Crippen LogP contribution in [0.5, 0.6) is 0 Å². The molecule has 0 bridgehead atoms. The van der Waals surface area contributed by atoms with E-state index < -0.39 is 15.9 Å². The van der Waals surface area contributed by atoms with Crippen molar-refractivity contribution in [1.29, 1.82) is 0 Å². The fourth-order valence-electron chi connectivity index (χ4n) is 4.54. The van der Waals surface area contributed by atoms with Crippen LogP contribution in [0, 0.1) is 5.92 Å². The monoisotopic (exact) mass is 455 g/mol. The summed E-state index contributed by atoms with van der Waals surface area (Å²) in [6.45, 7) is 4.66. The Morgan fingerprint density at radius 1 is 1.06 bits per heavy atom. The number of carbonyl (C=O) groups excluding carboxylic acids is 2. The van der Waals surface area contributed by atoms with E-state index in [-0.39, 0.29) is 29.7 Å². The van der Waals surface area contributed by atoms with E-state index >= 15 is 0 Å². The van der Waals surface area contributed by atoms with Gasteiger partial charge in [-0.15, -0.1) is 0 Å². The number of fused-ring (bicyclic) bond motifs is 1. The molecular formula is C24H29N3O4S. The molecule has 32 heavy (non-hydrogen) atoms. The third-order valence-electron chi connectivity index (χ3n) is 6.35. The fraction of sp³-hybridized carbons (Fsp3) is 0.417. The number of carbonyl (C=O) groups is 2. The molecule has 1 aliphatic heterocycles. The number of hydrogen-bond donors (Lipinski definition) is 1. The smallest absolute Gasteiger partial charge is 0.243 e. The van der Waals surface area contributed by atoms with Crippen LogP contribution < -0.4 is 10.2 Å². The van der Waals surface area contributed by atoms with E-state index in [1.165, 1.54) is 27.6 Å². The van der Waals surface area contributed by atoms with Gasteiger partial charge >= 0.3 is 0 Å². The normalized spacial score (nSPS) is 18.3. The van der Waals surface area contributed by atoms with Crippen molar-refractivity contribution in [3.8, 4) is 0 Å². The minimum absolute atomic E-state index is 0.135. The van der Waals surface area contributed by atoms with Crippen molar-refractivity contribution in [3.05, 3.63) is 53.6 Å². The summed E-state index contributed by atoms with van der Waals surface area (Å²) in [6, 6.07) is 12.3. The van der Waals surface area contributed by atoms with Crippen LogP contribution in [0.1, 0.15) is 37.8 Å². The summed E-state index contributed by atoms with van der Waals surface area (Å²) in [5.41, 5.74) is 4.00. The van der Waals surface area contributed by atoms with Crippen molar-refractivity contribution in [2.45, 2.75) is 44.4 Å². The molecule has 1 unspecified atom stereocenters.